The van der Waals surface area contributed by atoms with E-state index in [0.717, 1.165) is 11.3 Å². The zero-order chi connectivity index (χ0) is 17.0. The molecule has 6 heteroatoms. The molecule has 0 fully saturated rings. The molecule has 0 spiro atoms. The minimum Gasteiger partial charge on any atom is -0.508 e. The van der Waals surface area contributed by atoms with Crippen molar-refractivity contribution >= 4 is 17.3 Å². The highest BCUT2D eigenvalue weighted by Crippen LogP contribution is 2.41. The number of nitrogens with zero attached hydrogens (tertiary/aromatic N) is 1. The van der Waals surface area contributed by atoms with Gasteiger partial charge in [0.15, 0.2) is 11.5 Å². The lowest BCUT2D eigenvalue weighted by atomic mass is 10.1. The van der Waals surface area contributed by atoms with Crippen LogP contribution in [0.15, 0.2) is 30.3 Å². The summed E-state index contributed by atoms with van der Waals surface area (Å²) in [4.78, 5) is 1.98. The fourth-order valence-electron chi connectivity index (χ4n) is 2.32. The van der Waals surface area contributed by atoms with Crippen LogP contribution in [-0.4, -0.2) is 33.5 Å². The first kappa shape index (κ1) is 17.1. The average molecular weight is 338 g/mol. The van der Waals surface area contributed by atoms with E-state index in [4.69, 9.17) is 25.8 Å². The number of benzene rings is 2. The Kier molecular flexibility index (Phi) is 5.45. The quantitative estimate of drug-likeness (QED) is 0.870. The van der Waals surface area contributed by atoms with E-state index in [1.807, 2.05) is 24.1 Å². The van der Waals surface area contributed by atoms with Crippen LogP contribution in [0.3, 0.4) is 0 Å². The third-order valence-corrected chi connectivity index (χ3v) is 3.90. The summed E-state index contributed by atoms with van der Waals surface area (Å²) < 4.78 is 16.1. The Balaban J connectivity index is 2.35. The van der Waals surface area contributed by atoms with Crippen LogP contribution in [0.1, 0.15) is 5.56 Å². The standard InChI is InChI=1S/C17H20ClNO4/c1-19(10-11-7-13(20)5-6-14(11)18)12-8-15(21-2)17(23-4)16(9-12)22-3/h5-9,20H,10H2,1-4H3. The zero-order valence-corrected chi connectivity index (χ0v) is 14.3. The van der Waals surface area contributed by atoms with Gasteiger partial charge in [-0.3, -0.25) is 0 Å². The molecule has 23 heavy (non-hydrogen) atoms. The molecule has 0 aliphatic carbocycles. The summed E-state index contributed by atoms with van der Waals surface area (Å²) in [7, 11) is 6.64. The smallest absolute Gasteiger partial charge is 0.203 e. The van der Waals surface area contributed by atoms with Gasteiger partial charge in [0.05, 0.1) is 21.3 Å². The minimum absolute atomic E-state index is 0.183. The van der Waals surface area contributed by atoms with Gasteiger partial charge in [-0.2, -0.15) is 0 Å². The van der Waals surface area contributed by atoms with Crippen molar-refractivity contribution in [2.45, 2.75) is 6.54 Å². The number of hydrogen-bond donors (Lipinski definition) is 1. The molecular formula is C17H20ClNO4. The topological polar surface area (TPSA) is 51.2 Å². The molecule has 0 heterocycles. The molecule has 0 atom stereocenters. The molecule has 0 aromatic heterocycles. The minimum atomic E-state index is 0.183. The van der Waals surface area contributed by atoms with Crippen molar-refractivity contribution in [2.75, 3.05) is 33.3 Å². The third kappa shape index (κ3) is 3.74. The molecule has 0 aliphatic rings. The summed E-state index contributed by atoms with van der Waals surface area (Å²) in [5.41, 5.74) is 1.70. The van der Waals surface area contributed by atoms with Gasteiger partial charge in [0.25, 0.3) is 0 Å². The Labute approximate surface area is 141 Å². The van der Waals surface area contributed by atoms with Gasteiger partial charge >= 0.3 is 0 Å². The predicted molar refractivity (Wildman–Crippen MR) is 91.3 cm³/mol. The van der Waals surface area contributed by atoms with Gasteiger partial charge in [-0.25, -0.2) is 0 Å². The highest BCUT2D eigenvalue weighted by molar-refractivity contribution is 6.31. The molecule has 0 radical (unpaired) electrons. The number of phenolic OH excluding ortho intramolecular Hbond substituents is 1. The van der Waals surface area contributed by atoms with Gasteiger partial charge in [0, 0.05) is 36.4 Å². The van der Waals surface area contributed by atoms with E-state index in [1.54, 1.807) is 39.5 Å². The normalized spacial score (nSPS) is 10.3. The summed E-state index contributed by atoms with van der Waals surface area (Å²) in [6, 6.07) is 8.60. The molecule has 0 saturated heterocycles. The van der Waals surface area contributed by atoms with E-state index < -0.39 is 0 Å². The zero-order valence-electron chi connectivity index (χ0n) is 13.6. The van der Waals surface area contributed by atoms with Crippen molar-refractivity contribution in [2.24, 2.45) is 0 Å². The van der Waals surface area contributed by atoms with Crippen LogP contribution in [0.5, 0.6) is 23.0 Å². The van der Waals surface area contributed by atoms with Crippen molar-refractivity contribution in [1.29, 1.82) is 0 Å². The van der Waals surface area contributed by atoms with Crippen molar-refractivity contribution in [3.63, 3.8) is 0 Å². The number of hydrogen-bond acceptors (Lipinski definition) is 5. The first-order valence-corrected chi connectivity index (χ1v) is 7.36. The Morgan fingerprint density at radius 2 is 1.61 bits per heavy atom. The largest absolute Gasteiger partial charge is 0.508 e. The Morgan fingerprint density at radius 3 is 2.13 bits per heavy atom. The predicted octanol–water partition coefficient (Wildman–Crippen LogP) is 3.71. The molecule has 0 amide bonds. The summed E-state index contributed by atoms with van der Waals surface area (Å²) >= 11 is 6.19. The van der Waals surface area contributed by atoms with Gasteiger partial charge in [-0.1, -0.05) is 11.6 Å². The van der Waals surface area contributed by atoms with Crippen LogP contribution in [0, 0.1) is 0 Å². The number of halogens is 1. The van der Waals surface area contributed by atoms with Gasteiger partial charge in [0.2, 0.25) is 5.75 Å². The molecule has 2 aromatic carbocycles. The van der Waals surface area contributed by atoms with Crippen molar-refractivity contribution < 1.29 is 19.3 Å². The lowest BCUT2D eigenvalue weighted by molar-refractivity contribution is 0.324. The van der Waals surface area contributed by atoms with Gasteiger partial charge in [0.1, 0.15) is 5.75 Å². The summed E-state index contributed by atoms with van der Waals surface area (Å²) in [5, 5.41) is 10.2. The molecule has 0 saturated carbocycles. The summed E-state index contributed by atoms with van der Waals surface area (Å²) in [6.45, 7) is 0.520. The number of aromatic hydroxyl groups is 1. The summed E-state index contributed by atoms with van der Waals surface area (Å²) in [5.74, 6) is 1.89. The van der Waals surface area contributed by atoms with Crippen LogP contribution in [0.4, 0.5) is 5.69 Å². The van der Waals surface area contributed by atoms with Crippen LogP contribution in [0.2, 0.25) is 5.02 Å². The van der Waals surface area contributed by atoms with Gasteiger partial charge in [-0.05, 0) is 23.8 Å². The second kappa shape index (κ2) is 7.33. The first-order valence-electron chi connectivity index (χ1n) is 6.98. The van der Waals surface area contributed by atoms with Crippen LogP contribution in [0.25, 0.3) is 0 Å². The first-order chi connectivity index (χ1) is 11.0. The molecule has 0 aliphatic heterocycles. The van der Waals surface area contributed by atoms with E-state index in [1.165, 1.54) is 0 Å². The number of ether oxygens (including phenoxy) is 3. The van der Waals surface area contributed by atoms with Crippen molar-refractivity contribution in [3.8, 4) is 23.0 Å². The monoisotopic (exact) mass is 337 g/mol. The number of methoxy groups -OCH3 is 3. The van der Waals surface area contributed by atoms with Crippen molar-refractivity contribution in [1.82, 2.24) is 0 Å². The maximum Gasteiger partial charge on any atom is 0.203 e. The van der Waals surface area contributed by atoms with E-state index in [0.29, 0.717) is 28.8 Å². The summed E-state index contributed by atoms with van der Waals surface area (Å²) in [6.07, 6.45) is 0. The lowest BCUT2D eigenvalue weighted by Gasteiger charge is -2.23. The van der Waals surface area contributed by atoms with E-state index in [-0.39, 0.29) is 5.75 Å². The third-order valence-electron chi connectivity index (χ3n) is 3.53. The fraction of sp³-hybridized carbons (Fsp3) is 0.294. The van der Waals surface area contributed by atoms with Crippen LogP contribution >= 0.6 is 11.6 Å². The number of rotatable bonds is 6. The van der Waals surface area contributed by atoms with E-state index >= 15 is 0 Å². The van der Waals surface area contributed by atoms with E-state index in [2.05, 4.69) is 0 Å². The average Bonchev–Trinajstić information content (AvgIpc) is 2.56. The molecule has 5 nitrogen and oxygen atoms in total. The number of anilines is 1. The van der Waals surface area contributed by atoms with Crippen molar-refractivity contribution in [3.05, 3.63) is 40.9 Å². The highest BCUT2D eigenvalue weighted by Gasteiger charge is 2.16. The Bertz CT molecular complexity index is 665. The Morgan fingerprint density at radius 1 is 1.00 bits per heavy atom. The van der Waals surface area contributed by atoms with E-state index in [9.17, 15) is 5.11 Å². The van der Waals surface area contributed by atoms with Gasteiger partial charge < -0.3 is 24.2 Å². The number of phenols is 1. The van der Waals surface area contributed by atoms with Crippen LogP contribution < -0.4 is 19.1 Å². The SMILES string of the molecule is COc1cc(N(C)Cc2cc(O)ccc2Cl)cc(OC)c1OC. The fourth-order valence-corrected chi connectivity index (χ4v) is 2.49. The second-order valence-electron chi connectivity index (χ2n) is 5.02. The second-order valence-corrected chi connectivity index (χ2v) is 5.42. The molecule has 124 valence electrons. The van der Waals surface area contributed by atoms with Gasteiger partial charge in [-0.15, -0.1) is 0 Å². The molecule has 2 aromatic rings. The Hall–Kier alpha value is -2.27. The molecular weight excluding hydrogens is 318 g/mol. The molecule has 0 unspecified atom stereocenters. The lowest BCUT2D eigenvalue weighted by Crippen LogP contribution is -2.17. The van der Waals surface area contributed by atoms with Crippen LogP contribution in [-0.2, 0) is 6.54 Å². The highest BCUT2D eigenvalue weighted by atomic mass is 35.5. The maximum atomic E-state index is 9.62. The maximum absolute atomic E-state index is 9.62. The molecule has 0 bridgehead atoms. The molecule has 1 N–H and O–H groups in total. The molecule has 2 rings (SSSR count).